The van der Waals surface area contributed by atoms with Gasteiger partial charge in [-0.3, -0.25) is 15.6 Å². The van der Waals surface area contributed by atoms with Crippen molar-refractivity contribution >= 4 is 17.3 Å². The number of hydrogen-bond acceptors (Lipinski definition) is 4. The third kappa shape index (κ3) is 3.03. The highest BCUT2D eigenvalue weighted by Crippen LogP contribution is 2.24. The molecule has 110 valence electrons. The lowest BCUT2D eigenvalue weighted by Crippen LogP contribution is -2.28. The van der Waals surface area contributed by atoms with Crippen LogP contribution in [0.15, 0.2) is 30.5 Å². The maximum atomic E-state index is 12.7. The maximum Gasteiger partial charge on any atom is 0.261 e. The first-order chi connectivity index (χ1) is 9.93. The van der Waals surface area contributed by atoms with Crippen molar-refractivity contribution in [2.45, 2.75) is 20.8 Å². The molecule has 1 aromatic heterocycles. The second-order valence-electron chi connectivity index (χ2n) is 5.17. The number of benzene rings is 1. The van der Waals surface area contributed by atoms with Gasteiger partial charge in [-0.15, -0.1) is 0 Å². The molecule has 0 bridgehead atoms. The van der Waals surface area contributed by atoms with Gasteiger partial charge in [-0.25, -0.2) is 0 Å². The predicted octanol–water partition coefficient (Wildman–Crippen LogP) is 2.57. The van der Waals surface area contributed by atoms with Gasteiger partial charge in [0.05, 0.1) is 11.3 Å². The van der Waals surface area contributed by atoms with E-state index in [1.165, 1.54) is 5.56 Å². The SMILES string of the molecule is Cc1ccc(N(C)C(=O)c2cnc(C)cc2NN)c(C)c1. The first-order valence-electron chi connectivity index (χ1n) is 6.72. The van der Waals surface area contributed by atoms with Gasteiger partial charge in [0.2, 0.25) is 0 Å². The molecule has 5 nitrogen and oxygen atoms in total. The highest BCUT2D eigenvalue weighted by atomic mass is 16.2. The second kappa shape index (κ2) is 5.93. The van der Waals surface area contributed by atoms with E-state index in [-0.39, 0.29) is 5.91 Å². The number of nitrogen functional groups attached to an aromatic ring is 1. The van der Waals surface area contributed by atoms with Crippen molar-refractivity contribution in [1.29, 1.82) is 0 Å². The second-order valence-corrected chi connectivity index (χ2v) is 5.17. The Bertz CT molecular complexity index is 682. The lowest BCUT2D eigenvalue weighted by molar-refractivity contribution is 0.0993. The number of rotatable bonds is 3. The molecule has 0 atom stereocenters. The van der Waals surface area contributed by atoms with Crippen molar-refractivity contribution < 1.29 is 4.79 Å². The van der Waals surface area contributed by atoms with E-state index < -0.39 is 0 Å². The molecule has 3 N–H and O–H groups in total. The monoisotopic (exact) mass is 284 g/mol. The fraction of sp³-hybridized carbons (Fsp3) is 0.250. The number of nitrogens with two attached hydrogens (primary N) is 1. The molecule has 0 saturated heterocycles. The van der Waals surface area contributed by atoms with Crippen LogP contribution < -0.4 is 16.2 Å². The summed E-state index contributed by atoms with van der Waals surface area (Å²) in [5.74, 6) is 5.35. The molecule has 2 aromatic rings. The van der Waals surface area contributed by atoms with Crippen molar-refractivity contribution in [2.24, 2.45) is 5.84 Å². The lowest BCUT2D eigenvalue weighted by atomic mass is 10.1. The van der Waals surface area contributed by atoms with Gasteiger partial charge in [-0.05, 0) is 38.5 Å². The molecule has 0 spiro atoms. The molecule has 1 amide bonds. The van der Waals surface area contributed by atoms with Crippen molar-refractivity contribution in [3.63, 3.8) is 0 Å². The topological polar surface area (TPSA) is 71.2 Å². The summed E-state index contributed by atoms with van der Waals surface area (Å²) in [6, 6.07) is 7.74. The Labute approximate surface area is 124 Å². The standard InChI is InChI=1S/C16H20N4O/c1-10-5-6-15(11(2)7-10)20(4)16(21)13-9-18-12(3)8-14(13)19-17/h5-9H,17H2,1-4H3,(H,18,19). The Morgan fingerprint density at radius 3 is 2.57 bits per heavy atom. The summed E-state index contributed by atoms with van der Waals surface area (Å²) in [6.45, 7) is 5.86. The van der Waals surface area contributed by atoms with Crippen LogP contribution in [0.25, 0.3) is 0 Å². The van der Waals surface area contributed by atoms with Gasteiger partial charge in [0.15, 0.2) is 0 Å². The molecule has 2 rings (SSSR count). The number of carbonyl (C=O) groups excluding carboxylic acids is 1. The average Bonchev–Trinajstić information content (AvgIpc) is 2.45. The number of hydrazine groups is 1. The van der Waals surface area contributed by atoms with Crippen LogP contribution in [0.3, 0.4) is 0 Å². The summed E-state index contributed by atoms with van der Waals surface area (Å²) >= 11 is 0. The predicted molar refractivity (Wildman–Crippen MR) is 85.4 cm³/mol. The number of amides is 1. The molecule has 5 heteroatoms. The number of aryl methyl sites for hydroxylation is 3. The van der Waals surface area contributed by atoms with Gasteiger partial charge in [0.25, 0.3) is 5.91 Å². The Hall–Kier alpha value is -2.40. The molecule has 0 saturated carbocycles. The van der Waals surface area contributed by atoms with Crippen molar-refractivity contribution in [3.05, 3.63) is 52.8 Å². The van der Waals surface area contributed by atoms with Crippen LogP contribution in [0.2, 0.25) is 0 Å². The zero-order valence-corrected chi connectivity index (χ0v) is 12.8. The molecule has 0 aliphatic rings. The average molecular weight is 284 g/mol. The number of aromatic nitrogens is 1. The lowest BCUT2D eigenvalue weighted by Gasteiger charge is -2.21. The van der Waals surface area contributed by atoms with E-state index in [2.05, 4.69) is 16.5 Å². The van der Waals surface area contributed by atoms with E-state index in [4.69, 9.17) is 5.84 Å². The number of nitrogens with zero attached hydrogens (tertiary/aromatic N) is 2. The molecule has 0 unspecified atom stereocenters. The molecular weight excluding hydrogens is 264 g/mol. The Balaban J connectivity index is 2.39. The van der Waals surface area contributed by atoms with Gasteiger partial charge >= 0.3 is 0 Å². The fourth-order valence-corrected chi connectivity index (χ4v) is 2.32. The van der Waals surface area contributed by atoms with Crippen LogP contribution in [0.5, 0.6) is 0 Å². The highest BCUT2D eigenvalue weighted by Gasteiger charge is 2.18. The minimum atomic E-state index is -0.151. The van der Waals surface area contributed by atoms with Gasteiger partial charge in [0.1, 0.15) is 0 Å². The molecule has 0 aliphatic heterocycles. The van der Waals surface area contributed by atoms with Crippen LogP contribution in [0, 0.1) is 20.8 Å². The molecule has 1 heterocycles. The van der Waals surface area contributed by atoms with Crippen LogP contribution in [0.4, 0.5) is 11.4 Å². The summed E-state index contributed by atoms with van der Waals surface area (Å²) in [6.07, 6.45) is 1.55. The van der Waals surface area contributed by atoms with Crippen LogP contribution >= 0.6 is 0 Å². The van der Waals surface area contributed by atoms with Crippen LogP contribution in [-0.4, -0.2) is 17.9 Å². The number of carbonyl (C=O) groups is 1. The van der Waals surface area contributed by atoms with E-state index in [1.807, 2.05) is 32.9 Å². The first kappa shape index (κ1) is 15.0. The quantitative estimate of drug-likeness (QED) is 0.671. The minimum Gasteiger partial charge on any atom is -0.323 e. The van der Waals surface area contributed by atoms with Gasteiger partial charge in [-0.1, -0.05) is 17.7 Å². The molecular formula is C16H20N4O. The molecule has 1 aromatic carbocycles. The minimum absolute atomic E-state index is 0.151. The van der Waals surface area contributed by atoms with E-state index in [0.29, 0.717) is 11.3 Å². The third-order valence-corrected chi connectivity index (χ3v) is 3.44. The molecule has 21 heavy (non-hydrogen) atoms. The zero-order valence-electron chi connectivity index (χ0n) is 12.8. The summed E-state index contributed by atoms with van der Waals surface area (Å²) in [5.41, 5.74) is 7.47. The maximum absolute atomic E-state index is 12.7. The van der Waals surface area contributed by atoms with E-state index in [9.17, 15) is 4.79 Å². The molecule has 0 aliphatic carbocycles. The normalized spacial score (nSPS) is 10.3. The number of anilines is 2. The Morgan fingerprint density at radius 2 is 1.95 bits per heavy atom. The van der Waals surface area contributed by atoms with Crippen molar-refractivity contribution in [1.82, 2.24) is 4.98 Å². The smallest absolute Gasteiger partial charge is 0.261 e. The van der Waals surface area contributed by atoms with Crippen molar-refractivity contribution in [2.75, 3.05) is 17.4 Å². The highest BCUT2D eigenvalue weighted by molar-refractivity contribution is 6.09. The molecule has 0 radical (unpaired) electrons. The molecule has 0 fully saturated rings. The first-order valence-corrected chi connectivity index (χ1v) is 6.72. The summed E-state index contributed by atoms with van der Waals surface area (Å²) in [5, 5.41) is 0. The van der Waals surface area contributed by atoms with Crippen molar-refractivity contribution in [3.8, 4) is 0 Å². The van der Waals surface area contributed by atoms with Gasteiger partial charge in [0, 0.05) is 24.6 Å². The summed E-state index contributed by atoms with van der Waals surface area (Å²) in [7, 11) is 1.75. The largest absolute Gasteiger partial charge is 0.323 e. The Kier molecular flexibility index (Phi) is 4.23. The number of nitrogens with one attached hydrogen (secondary N) is 1. The Morgan fingerprint density at radius 1 is 1.24 bits per heavy atom. The van der Waals surface area contributed by atoms with Crippen LogP contribution in [0.1, 0.15) is 27.2 Å². The summed E-state index contributed by atoms with van der Waals surface area (Å²) < 4.78 is 0. The zero-order chi connectivity index (χ0) is 15.6. The van der Waals surface area contributed by atoms with E-state index >= 15 is 0 Å². The summed E-state index contributed by atoms with van der Waals surface area (Å²) in [4.78, 5) is 18.5. The van der Waals surface area contributed by atoms with E-state index in [1.54, 1.807) is 24.2 Å². The fourth-order valence-electron chi connectivity index (χ4n) is 2.32. The number of pyridine rings is 1. The van der Waals surface area contributed by atoms with Gasteiger partial charge in [-0.2, -0.15) is 0 Å². The van der Waals surface area contributed by atoms with E-state index in [0.717, 1.165) is 16.9 Å². The third-order valence-electron chi connectivity index (χ3n) is 3.44. The van der Waals surface area contributed by atoms with Crippen LogP contribution in [-0.2, 0) is 0 Å². The number of hydrogen-bond donors (Lipinski definition) is 2. The van der Waals surface area contributed by atoms with Gasteiger partial charge < -0.3 is 10.3 Å².